The van der Waals surface area contributed by atoms with E-state index in [1.54, 1.807) is 16.9 Å². The minimum Gasteiger partial charge on any atom is -0.396 e. The van der Waals surface area contributed by atoms with Crippen LogP contribution in [0.1, 0.15) is 5.56 Å². The number of aromatic nitrogens is 2. The Kier molecular flexibility index (Phi) is 2.19. The zero-order chi connectivity index (χ0) is 11.0. The number of aryl methyl sites for hydroxylation is 2. The SMILES string of the molecule is Cc1cc(F)ccc1-c1c(N)cnn1C. The van der Waals surface area contributed by atoms with Crippen LogP contribution in [-0.2, 0) is 7.05 Å². The van der Waals surface area contributed by atoms with Gasteiger partial charge in [-0.2, -0.15) is 5.10 Å². The van der Waals surface area contributed by atoms with Crippen molar-refractivity contribution in [3.8, 4) is 11.3 Å². The molecule has 2 rings (SSSR count). The normalized spacial score (nSPS) is 10.6. The van der Waals surface area contributed by atoms with E-state index in [9.17, 15) is 4.39 Å². The molecular formula is C11H12FN3. The van der Waals surface area contributed by atoms with Crippen LogP contribution in [-0.4, -0.2) is 9.78 Å². The van der Waals surface area contributed by atoms with Crippen LogP contribution >= 0.6 is 0 Å². The van der Waals surface area contributed by atoms with Crippen molar-refractivity contribution in [3.63, 3.8) is 0 Å². The highest BCUT2D eigenvalue weighted by Crippen LogP contribution is 2.28. The standard InChI is InChI=1S/C11H12FN3/c1-7-5-8(12)3-4-9(7)11-10(13)6-14-15(11)2/h3-6H,13H2,1-2H3. The summed E-state index contributed by atoms with van der Waals surface area (Å²) in [6.45, 7) is 1.85. The number of anilines is 1. The topological polar surface area (TPSA) is 43.8 Å². The molecule has 0 saturated heterocycles. The zero-order valence-corrected chi connectivity index (χ0v) is 8.66. The molecule has 2 aromatic rings. The third-order valence-electron chi connectivity index (χ3n) is 2.41. The van der Waals surface area contributed by atoms with E-state index in [4.69, 9.17) is 5.73 Å². The van der Waals surface area contributed by atoms with Crippen LogP contribution in [0.2, 0.25) is 0 Å². The summed E-state index contributed by atoms with van der Waals surface area (Å²) in [6, 6.07) is 4.63. The van der Waals surface area contributed by atoms with Gasteiger partial charge in [0.15, 0.2) is 0 Å². The first kappa shape index (κ1) is 9.71. The lowest BCUT2D eigenvalue weighted by atomic mass is 10.0. The lowest BCUT2D eigenvalue weighted by molar-refractivity contribution is 0.626. The van der Waals surface area contributed by atoms with Crippen LogP contribution in [0.4, 0.5) is 10.1 Å². The summed E-state index contributed by atoms with van der Waals surface area (Å²) in [6.07, 6.45) is 1.60. The van der Waals surface area contributed by atoms with Gasteiger partial charge in [-0.15, -0.1) is 0 Å². The summed E-state index contributed by atoms with van der Waals surface area (Å²) in [7, 11) is 1.81. The Morgan fingerprint density at radius 3 is 2.67 bits per heavy atom. The van der Waals surface area contributed by atoms with Gasteiger partial charge in [0.1, 0.15) is 5.82 Å². The summed E-state index contributed by atoms with van der Waals surface area (Å²) in [5.41, 5.74) is 9.00. The Hall–Kier alpha value is -1.84. The molecule has 2 N–H and O–H groups in total. The van der Waals surface area contributed by atoms with Gasteiger partial charge in [0.05, 0.1) is 17.6 Å². The highest BCUT2D eigenvalue weighted by Gasteiger charge is 2.10. The van der Waals surface area contributed by atoms with E-state index in [2.05, 4.69) is 5.10 Å². The third kappa shape index (κ3) is 1.58. The van der Waals surface area contributed by atoms with Gasteiger partial charge >= 0.3 is 0 Å². The van der Waals surface area contributed by atoms with Gasteiger partial charge in [-0.05, 0) is 30.7 Å². The fraction of sp³-hybridized carbons (Fsp3) is 0.182. The van der Waals surface area contributed by atoms with Gasteiger partial charge in [-0.25, -0.2) is 4.39 Å². The quantitative estimate of drug-likeness (QED) is 0.774. The highest BCUT2D eigenvalue weighted by atomic mass is 19.1. The summed E-state index contributed by atoms with van der Waals surface area (Å²) in [4.78, 5) is 0. The molecule has 1 heterocycles. The van der Waals surface area contributed by atoms with Gasteiger partial charge in [-0.3, -0.25) is 4.68 Å². The number of hydrogen-bond donors (Lipinski definition) is 1. The fourth-order valence-electron chi connectivity index (χ4n) is 1.68. The van der Waals surface area contributed by atoms with Crippen LogP contribution in [0.15, 0.2) is 24.4 Å². The molecule has 15 heavy (non-hydrogen) atoms. The van der Waals surface area contributed by atoms with Crippen molar-refractivity contribution >= 4 is 5.69 Å². The smallest absolute Gasteiger partial charge is 0.123 e. The monoisotopic (exact) mass is 205 g/mol. The second kappa shape index (κ2) is 3.38. The van der Waals surface area contributed by atoms with Crippen molar-refractivity contribution in [2.75, 3.05) is 5.73 Å². The van der Waals surface area contributed by atoms with Crippen LogP contribution in [0.5, 0.6) is 0 Å². The van der Waals surface area contributed by atoms with Crippen LogP contribution in [0.3, 0.4) is 0 Å². The molecule has 3 nitrogen and oxygen atoms in total. The van der Waals surface area contributed by atoms with Crippen molar-refractivity contribution in [2.24, 2.45) is 7.05 Å². The number of halogens is 1. The minimum atomic E-state index is -0.239. The molecule has 0 unspecified atom stereocenters. The molecule has 0 fully saturated rings. The van der Waals surface area contributed by atoms with Gasteiger partial charge in [0.25, 0.3) is 0 Å². The first-order valence-corrected chi connectivity index (χ1v) is 4.63. The lowest BCUT2D eigenvalue weighted by Crippen LogP contribution is -1.97. The molecule has 4 heteroatoms. The number of rotatable bonds is 1. The maximum Gasteiger partial charge on any atom is 0.123 e. The maximum absolute atomic E-state index is 12.9. The van der Waals surface area contributed by atoms with Crippen LogP contribution in [0, 0.1) is 12.7 Å². The Bertz CT molecular complexity index is 483. The molecule has 0 bridgehead atoms. The van der Waals surface area contributed by atoms with Crippen LogP contribution < -0.4 is 5.73 Å². The van der Waals surface area contributed by atoms with E-state index in [-0.39, 0.29) is 5.82 Å². The van der Waals surface area contributed by atoms with Gasteiger partial charge in [0, 0.05) is 12.6 Å². The predicted molar refractivity (Wildman–Crippen MR) is 57.8 cm³/mol. The molecule has 0 spiro atoms. The number of nitrogens with two attached hydrogens (primary N) is 1. The van der Waals surface area contributed by atoms with Gasteiger partial charge in [-0.1, -0.05) is 0 Å². The van der Waals surface area contributed by atoms with Crippen molar-refractivity contribution in [3.05, 3.63) is 35.8 Å². The highest BCUT2D eigenvalue weighted by molar-refractivity contribution is 5.74. The molecule has 78 valence electrons. The van der Waals surface area contributed by atoms with E-state index in [0.29, 0.717) is 5.69 Å². The van der Waals surface area contributed by atoms with E-state index in [1.807, 2.05) is 14.0 Å². The molecule has 0 radical (unpaired) electrons. The van der Waals surface area contributed by atoms with Crippen molar-refractivity contribution < 1.29 is 4.39 Å². The van der Waals surface area contributed by atoms with E-state index in [1.165, 1.54) is 12.1 Å². The maximum atomic E-state index is 12.9. The summed E-state index contributed by atoms with van der Waals surface area (Å²) >= 11 is 0. The second-order valence-electron chi connectivity index (χ2n) is 3.53. The Balaban J connectivity index is 2.64. The Labute approximate surface area is 87.3 Å². The van der Waals surface area contributed by atoms with Gasteiger partial charge in [0.2, 0.25) is 0 Å². The molecule has 0 saturated carbocycles. The minimum absolute atomic E-state index is 0.239. The molecule has 0 atom stereocenters. The molecular weight excluding hydrogens is 193 g/mol. The Morgan fingerprint density at radius 1 is 1.40 bits per heavy atom. The number of hydrogen-bond acceptors (Lipinski definition) is 2. The number of benzene rings is 1. The number of nitrogens with zero attached hydrogens (tertiary/aromatic N) is 2. The third-order valence-corrected chi connectivity index (χ3v) is 2.41. The predicted octanol–water partition coefficient (Wildman–Crippen LogP) is 2.12. The zero-order valence-electron chi connectivity index (χ0n) is 8.66. The Morgan fingerprint density at radius 2 is 2.13 bits per heavy atom. The molecule has 0 aliphatic carbocycles. The fourth-order valence-corrected chi connectivity index (χ4v) is 1.68. The average Bonchev–Trinajstić information content (AvgIpc) is 2.48. The molecule has 1 aromatic carbocycles. The van der Waals surface area contributed by atoms with Crippen molar-refractivity contribution in [1.82, 2.24) is 9.78 Å². The summed E-state index contributed by atoms with van der Waals surface area (Å²) < 4.78 is 14.6. The first-order chi connectivity index (χ1) is 7.09. The van der Waals surface area contributed by atoms with Crippen molar-refractivity contribution in [2.45, 2.75) is 6.92 Å². The van der Waals surface area contributed by atoms with E-state index >= 15 is 0 Å². The molecule has 0 aliphatic rings. The average molecular weight is 205 g/mol. The van der Waals surface area contributed by atoms with Gasteiger partial charge < -0.3 is 5.73 Å². The first-order valence-electron chi connectivity index (χ1n) is 4.63. The number of nitrogen functional groups attached to an aromatic ring is 1. The summed E-state index contributed by atoms with van der Waals surface area (Å²) in [5, 5.41) is 4.05. The molecule has 0 amide bonds. The van der Waals surface area contributed by atoms with Crippen LogP contribution in [0.25, 0.3) is 11.3 Å². The van der Waals surface area contributed by atoms with E-state index in [0.717, 1.165) is 16.8 Å². The molecule has 1 aromatic heterocycles. The largest absolute Gasteiger partial charge is 0.396 e. The van der Waals surface area contributed by atoms with E-state index < -0.39 is 0 Å². The lowest BCUT2D eigenvalue weighted by Gasteiger charge is -2.07. The summed E-state index contributed by atoms with van der Waals surface area (Å²) in [5.74, 6) is -0.239. The van der Waals surface area contributed by atoms with Crippen molar-refractivity contribution in [1.29, 1.82) is 0 Å². The second-order valence-corrected chi connectivity index (χ2v) is 3.53. The molecule has 0 aliphatic heterocycles.